The summed E-state index contributed by atoms with van der Waals surface area (Å²) >= 11 is 0. The molecule has 31 heavy (non-hydrogen) atoms. The molecule has 2 heteroatoms. The van der Waals surface area contributed by atoms with Crippen LogP contribution in [0.5, 0.6) is 0 Å². The standard InChI is InChI=1S/C29H28N2/c1-19-17-21(13-15-27(19)30-3)29(22-14-16-28(31-4)20(2)18-22)25-11-7-5-9-23(25)24-10-6-8-12-26(24)29/h5-18,30-31H,1-4H3. The van der Waals surface area contributed by atoms with Crippen LogP contribution in [0.2, 0.25) is 0 Å². The maximum Gasteiger partial charge on any atom is 0.0713 e. The smallest absolute Gasteiger partial charge is 0.0713 e. The van der Waals surface area contributed by atoms with E-state index in [1.54, 1.807) is 0 Å². The van der Waals surface area contributed by atoms with Crippen molar-refractivity contribution in [2.75, 3.05) is 24.7 Å². The van der Waals surface area contributed by atoms with Gasteiger partial charge in [-0.05, 0) is 70.5 Å². The van der Waals surface area contributed by atoms with E-state index in [-0.39, 0.29) is 5.41 Å². The van der Waals surface area contributed by atoms with E-state index in [0.29, 0.717) is 0 Å². The van der Waals surface area contributed by atoms with Crippen LogP contribution in [-0.2, 0) is 5.41 Å². The maximum atomic E-state index is 3.32. The van der Waals surface area contributed by atoms with Crippen molar-refractivity contribution >= 4 is 11.4 Å². The fraction of sp³-hybridized carbons (Fsp3) is 0.172. The van der Waals surface area contributed by atoms with Crippen molar-refractivity contribution in [3.05, 3.63) is 118 Å². The van der Waals surface area contributed by atoms with Gasteiger partial charge in [0.2, 0.25) is 0 Å². The summed E-state index contributed by atoms with van der Waals surface area (Å²) in [5.41, 5.74) is 12.5. The second-order valence-electron chi connectivity index (χ2n) is 8.40. The minimum Gasteiger partial charge on any atom is -0.388 e. The number of rotatable bonds is 4. The Morgan fingerprint density at radius 3 is 1.35 bits per heavy atom. The fourth-order valence-electron chi connectivity index (χ4n) is 5.38. The molecular weight excluding hydrogens is 376 g/mol. The lowest BCUT2D eigenvalue weighted by Gasteiger charge is -2.34. The summed E-state index contributed by atoms with van der Waals surface area (Å²) in [5, 5.41) is 6.64. The molecule has 0 bridgehead atoms. The molecule has 0 atom stereocenters. The average molecular weight is 405 g/mol. The molecule has 0 amide bonds. The van der Waals surface area contributed by atoms with Crippen molar-refractivity contribution in [3.8, 4) is 11.1 Å². The summed E-state index contributed by atoms with van der Waals surface area (Å²) in [6.07, 6.45) is 0. The predicted molar refractivity (Wildman–Crippen MR) is 132 cm³/mol. The third kappa shape index (κ3) is 2.71. The van der Waals surface area contributed by atoms with Gasteiger partial charge in [-0.25, -0.2) is 0 Å². The topological polar surface area (TPSA) is 24.1 Å². The first-order chi connectivity index (χ1) is 15.1. The van der Waals surface area contributed by atoms with E-state index in [1.165, 1.54) is 55.9 Å². The zero-order valence-electron chi connectivity index (χ0n) is 18.6. The van der Waals surface area contributed by atoms with E-state index < -0.39 is 0 Å². The van der Waals surface area contributed by atoms with Crippen molar-refractivity contribution in [2.24, 2.45) is 0 Å². The van der Waals surface area contributed by atoms with E-state index in [1.807, 2.05) is 14.1 Å². The lowest BCUT2D eigenvalue weighted by Crippen LogP contribution is -2.29. The van der Waals surface area contributed by atoms with Gasteiger partial charge in [-0.15, -0.1) is 0 Å². The van der Waals surface area contributed by atoms with E-state index in [2.05, 4.69) is 109 Å². The molecule has 5 rings (SSSR count). The van der Waals surface area contributed by atoms with Gasteiger partial charge in [-0.3, -0.25) is 0 Å². The summed E-state index contributed by atoms with van der Waals surface area (Å²) in [5.74, 6) is 0. The molecule has 0 aliphatic heterocycles. The lowest BCUT2D eigenvalue weighted by atomic mass is 9.67. The molecule has 4 aromatic rings. The van der Waals surface area contributed by atoms with Crippen LogP contribution in [0.15, 0.2) is 84.9 Å². The van der Waals surface area contributed by atoms with Gasteiger partial charge in [0.25, 0.3) is 0 Å². The molecule has 154 valence electrons. The van der Waals surface area contributed by atoms with Gasteiger partial charge >= 0.3 is 0 Å². The Hall–Kier alpha value is -3.52. The Morgan fingerprint density at radius 2 is 0.968 bits per heavy atom. The molecule has 0 aromatic heterocycles. The molecule has 0 saturated heterocycles. The van der Waals surface area contributed by atoms with E-state index in [0.717, 1.165) is 0 Å². The van der Waals surface area contributed by atoms with Gasteiger partial charge in [-0.2, -0.15) is 0 Å². The van der Waals surface area contributed by atoms with Gasteiger partial charge in [-0.1, -0.05) is 72.8 Å². The van der Waals surface area contributed by atoms with Crippen LogP contribution >= 0.6 is 0 Å². The first-order valence-electron chi connectivity index (χ1n) is 10.9. The molecule has 0 heterocycles. The third-order valence-corrected chi connectivity index (χ3v) is 6.81. The number of anilines is 2. The minimum atomic E-state index is -0.346. The van der Waals surface area contributed by atoms with Crippen molar-refractivity contribution in [1.82, 2.24) is 0 Å². The first-order valence-corrected chi connectivity index (χ1v) is 10.9. The van der Waals surface area contributed by atoms with Crippen LogP contribution in [0.25, 0.3) is 11.1 Å². The van der Waals surface area contributed by atoms with E-state index in [4.69, 9.17) is 0 Å². The molecule has 0 radical (unpaired) electrons. The zero-order valence-corrected chi connectivity index (χ0v) is 18.6. The van der Waals surface area contributed by atoms with E-state index >= 15 is 0 Å². The molecular formula is C29H28N2. The zero-order chi connectivity index (χ0) is 21.6. The average Bonchev–Trinajstić information content (AvgIpc) is 3.10. The summed E-state index contributed by atoms with van der Waals surface area (Å²) in [7, 11) is 3.97. The van der Waals surface area contributed by atoms with Gasteiger partial charge in [0.05, 0.1) is 5.41 Å². The summed E-state index contributed by atoms with van der Waals surface area (Å²) in [4.78, 5) is 0. The van der Waals surface area contributed by atoms with Crippen LogP contribution in [-0.4, -0.2) is 14.1 Å². The lowest BCUT2D eigenvalue weighted by molar-refractivity contribution is 0.766. The highest BCUT2D eigenvalue weighted by atomic mass is 14.8. The third-order valence-electron chi connectivity index (χ3n) is 6.81. The van der Waals surface area contributed by atoms with Crippen LogP contribution in [0.1, 0.15) is 33.4 Å². The Morgan fingerprint density at radius 1 is 0.548 bits per heavy atom. The SMILES string of the molecule is CNc1ccc(C2(c3ccc(NC)c(C)c3)c3ccccc3-c3ccccc32)cc1C. The molecule has 1 aliphatic carbocycles. The Kier molecular flexibility index (Phi) is 4.59. The number of hydrogen-bond donors (Lipinski definition) is 2. The van der Waals surface area contributed by atoms with Crippen molar-refractivity contribution in [2.45, 2.75) is 19.3 Å². The monoisotopic (exact) mass is 404 g/mol. The number of benzene rings is 4. The molecule has 0 spiro atoms. The summed E-state index contributed by atoms with van der Waals surface area (Å²) in [6.45, 7) is 4.37. The molecule has 0 unspecified atom stereocenters. The van der Waals surface area contributed by atoms with Crippen LogP contribution < -0.4 is 10.6 Å². The largest absolute Gasteiger partial charge is 0.388 e. The molecule has 1 aliphatic rings. The maximum absolute atomic E-state index is 3.32. The van der Waals surface area contributed by atoms with Crippen molar-refractivity contribution in [3.63, 3.8) is 0 Å². The Labute approximate surface area is 185 Å². The second kappa shape index (κ2) is 7.31. The highest BCUT2D eigenvalue weighted by Gasteiger charge is 2.46. The Bertz CT molecular complexity index is 1180. The highest BCUT2D eigenvalue weighted by molar-refractivity contribution is 5.86. The van der Waals surface area contributed by atoms with E-state index in [9.17, 15) is 0 Å². The van der Waals surface area contributed by atoms with Crippen LogP contribution in [0.4, 0.5) is 11.4 Å². The summed E-state index contributed by atoms with van der Waals surface area (Å²) < 4.78 is 0. The molecule has 0 saturated carbocycles. The molecule has 0 fully saturated rings. The van der Waals surface area contributed by atoms with Gasteiger partial charge < -0.3 is 10.6 Å². The fourth-order valence-corrected chi connectivity index (χ4v) is 5.38. The minimum absolute atomic E-state index is 0.346. The summed E-state index contributed by atoms with van der Waals surface area (Å²) in [6, 6.07) is 31.5. The highest BCUT2D eigenvalue weighted by Crippen LogP contribution is 2.56. The quantitative estimate of drug-likeness (QED) is 0.346. The number of fused-ring (bicyclic) bond motifs is 3. The molecule has 4 aromatic carbocycles. The Balaban J connectivity index is 1.92. The van der Waals surface area contributed by atoms with Crippen LogP contribution in [0, 0.1) is 13.8 Å². The van der Waals surface area contributed by atoms with Crippen LogP contribution in [0.3, 0.4) is 0 Å². The normalized spacial score (nSPS) is 13.4. The van der Waals surface area contributed by atoms with Crippen molar-refractivity contribution in [1.29, 1.82) is 0 Å². The van der Waals surface area contributed by atoms with Gasteiger partial charge in [0.1, 0.15) is 0 Å². The number of nitrogens with one attached hydrogen (secondary N) is 2. The van der Waals surface area contributed by atoms with Gasteiger partial charge in [0, 0.05) is 25.5 Å². The van der Waals surface area contributed by atoms with Gasteiger partial charge in [0.15, 0.2) is 0 Å². The second-order valence-corrected chi connectivity index (χ2v) is 8.40. The molecule has 2 N–H and O–H groups in total. The van der Waals surface area contributed by atoms with Crippen molar-refractivity contribution < 1.29 is 0 Å². The first kappa shape index (κ1) is 19.4. The number of aryl methyl sites for hydroxylation is 2. The number of hydrogen-bond acceptors (Lipinski definition) is 2. The molecule has 2 nitrogen and oxygen atoms in total. The predicted octanol–water partition coefficient (Wildman–Crippen LogP) is 6.75.